The minimum atomic E-state index is 0.310. The van der Waals surface area contributed by atoms with Crippen LogP contribution in [-0.2, 0) is 4.74 Å². The third-order valence-corrected chi connectivity index (χ3v) is 4.70. The summed E-state index contributed by atoms with van der Waals surface area (Å²) in [6.45, 7) is 0. The van der Waals surface area contributed by atoms with Crippen molar-refractivity contribution in [3.8, 4) is 5.75 Å². The lowest BCUT2D eigenvalue weighted by Gasteiger charge is -2.37. The van der Waals surface area contributed by atoms with Gasteiger partial charge in [0.1, 0.15) is 11.5 Å². The average Bonchev–Trinajstić information content (AvgIpc) is 2.43. The molecule has 1 aromatic rings. The number of aromatic hydroxyl groups is 1. The molecule has 2 atom stereocenters. The van der Waals surface area contributed by atoms with Gasteiger partial charge < -0.3 is 9.84 Å². The van der Waals surface area contributed by atoms with Gasteiger partial charge in [0.15, 0.2) is 0 Å². The molecule has 1 N–H and O–H groups in total. The second-order valence-electron chi connectivity index (χ2n) is 5.88. The molecular formula is C17H22O2. The van der Waals surface area contributed by atoms with Gasteiger partial charge in [0.2, 0.25) is 0 Å². The summed E-state index contributed by atoms with van der Waals surface area (Å²) in [5.41, 5.74) is 2.49. The van der Waals surface area contributed by atoms with Crippen LogP contribution in [0.4, 0.5) is 0 Å². The van der Waals surface area contributed by atoms with Crippen LogP contribution in [0.1, 0.15) is 44.1 Å². The highest BCUT2D eigenvalue weighted by Gasteiger charge is 2.31. The van der Waals surface area contributed by atoms with Crippen LogP contribution in [-0.4, -0.2) is 12.2 Å². The highest BCUT2D eigenvalue weighted by atomic mass is 16.5. The van der Waals surface area contributed by atoms with Gasteiger partial charge in [0, 0.05) is 5.56 Å². The van der Waals surface area contributed by atoms with Crippen LogP contribution in [0, 0.1) is 11.8 Å². The Morgan fingerprint density at radius 3 is 2.95 bits per heavy atom. The van der Waals surface area contributed by atoms with E-state index >= 15 is 0 Å². The molecule has 2 aliphatic rings. The van der Waals surface area contributed by atoms with Crippen molar-refractivity contribution < 1.29 is 9.84 Å². The summed E-state index contributed by atoms with van der Waals surface area (Å²) in [5.74, 6) is 2.95. The maximum absolute atomic E-state index is 9.65. The Balaban J connectivity index is 1.97. The molecule has 0 saturated heterocycles. The summed E-state index contributed by atoms with van der Waals surface area (Å²) in [4.78, 5) is 0. The van der Waals surface area contributed by atoms with Crippen LogP contribution in [0.5, 0.6) is 5.75 Å². The zero-order valence-corrected chi connectivity index (χ0v) is 11.6. The standard InChI is InChI=1S/C17H22O2/c1-19-17(14-6-3-7-15(18)11-14)16-9-8-12-4-2-5-13(16)10-12/h3,6-7,11-13,18H,2,4-5,8-10H2,1H3. The molecule has 102 valence electrons. The molecule has 2 aliphatic carbocycles. The van der Waals surface area contributed by atoms with Gasteiger partial charge in [-0.2, -0.15) is 0 Å². The molecule has 2 bridgehead atoms. The first-order valence-corrected chi connectivity index (χ1v) is 7.34. The monoisotopic (exact) mass is 258 g/mol. The fraction of sp³-hybridized carbons (Fsp3) is 0.529. The minimum absolute atomic E-state index is 0.310. The van der Waals surface area contributed by atoms with Crippen LogP contribution in [0.3, 0.4) is 0 Å². The van der Waals surface area contributed by atoms with E-state index in [2.05, 4.69) is 0 Å². The van der Waals surface area contributed by atoms with E-state index in [-0.39, 0.29) is 0 Å². The molecule has 2 fully saturated rings. The van der Waals surface area contributed by atoms with Crippen LogP contribution in [0.2, 0.25) is 0 Å². The summed E-state index contributed by atoms with van der Waals surface area (Å²) < 4.78 is 5.69. The van der Waals surface area contributed by atoms with Crippen LogP contribution >= 0.6 is 0 Å². The number of rotatable bonds is 2. The SMILES string of the molecule is COC(=C1CCC2CCCC1C2)c1cccc(O)c1. The first-order chi connectivity index (χ1) is 9.28. The number of methoxy groups -OCH3 is 1. The van der Waals surface area contributed by atoms with E-state index in [1.54, 1.807) is 19.2 Å². The normalized spacial score (nSPS) is 28.9. The van der Waals surface area contributed by atoms with Crippen LogP contribution < -0.4 is 0 Å². The van der Waals surface area contributed by atoms with Gasteiger partial charge >= 0.3 is 0 Å². The third kappa shape index (κ3) is 2.49. The fourth-order valence-electron chi connectivity index (χ4n) is 3.81. The summed E-state index contributed by atoms with van der Waals surface area (Å²) in [7, 11) is 1.75. The molecule has 1 aromatic carbocycles. The number of fused-ring (bicyclic) bond motifs is 2. The number of hydrogen-bond donors (Lipinski definition) is 1. The number of hydrogen-bond acceptors (Lipinski definition) is 2. The van der Waals surface area contributed by atoms with Crippen molar-refractivity contribution in [1.29, 1.82) is 0 Å². The van der Waals surface area contributed by atoms with E-state index in [1.165, 1.54) is 37.7 Å². The maximum Gasteiger partial charge on any atom is 0.125 e. The van der Waals surface area contributed by atoms with Crippen LogP contribution in [0.25, 0.3) is 5.76 Å². The van der Waals surface area contributed by atoms with Gasteiger partial charge in [0.05, 0.1) is 7.11 Å². The lowest BCUT2D eigenvalue weighted by molar-refractivity contribution is 0.235. The highest BCUT2D eigenvalue weighted by Crippen LogP contribution is 2.45. The molecule has 19 heavy (non-hydrogen) atoms. The van der Waals surface area contributed by atoms with E-state index in [0.717, 1.165) is 23.7 Å². The quantitative estimate of drug-likeness (QED) is 0.799. The number of benzene rings is 1. The molecule has 0 aliphatic heterocycles. The number of allylic oxidation sites excluding steroid dienone is 1. The second kappa shape index (κ2) is 5.28. The smallest absolute Gasteiger partial charge is 0.125 e. The molecule has 0 spiro atoms. The van der Waals surface area contributed by atoms with Crippen molar-refractivity contribution in [2.24, 2.45) is 11.8 Å². The Bertz CT molecular complexity index is 490. The molecule has 0 radical (unpaired) electrons. The van der Waals surface area contributed by atoms with Gasteiger partial charge in [-0.1, -0.05) is 25.0 Å². The highest BCUT2D eigenvalue weighted by molar-refractivity contribution is 5.65. The molecule has 3 rings (SSSR count). The van der Waals surface area contributed by atoms with Crippen molar-refractivity contribution in [2.45, 2.75) is 38.5 Å². The predicted octanol–water partition coefficient (Wildman–Crippen LogP) is 4.35. The molecule has 0 aromatic heterocycles. The number of phenols is 1. The lowest BCUT2D eigenvalue weighted by Crippen LogP contribution is -2.24. The van der Waals surface area contributed by atoms with E-state index in [9.17, 15) is 5.11 Å². The average molecular weight is 258 g/mol. The third-order valence-electron chi connectivity index (χ3n) is 4.70. The maximum atomic E-state index is 9.65. The largest absolute Gasteiger partial charge is 0.508 e. The Morgan fingerprint density at radius 2 is 2.16 bits per heavy atom. The zero-order chi connectivity index (χ0) is 13.2. The van der Waals surface area contributed by atoms with Crippen molar-refractivity contribution in [3.63, 3.8) is 0 Å². The van der Waals surface area contributed by atoms with E-state index < -0.39 is 0 Å². The van der Waals surface area contributed by atoms with E-state index in [0.29, 0.717) is 11.7 Å². The van der Waals surface area contributed by atoms with Crippen molar-refractivity contribution in [2.75, 3.05) is 7.11 Å². The molecule has 2 unspecified atom stereocenters. The van der Waals surface area contributed by atoms with Crippen molar-refractivity contribution >= 4 is 5.76 Å². The van der Waals surface area contributed by atoms with Crippen LogP contribution in [0.15, 0.2) is 29.8 Å². The predicted molar refractivity (Wildman–Crippen MR) is 76.7 cm³/mol. The van der Waals surface area contributed by atoms with E-state index in [4.69, 9.17) is 4.74 Å². The second-order valence-corrected chi connectivity index (χ2v) is 5.88. The van der Waals surface area contributed by atoms with Gasteiger partial charge in [-0.05, 0) is 55.2 Å². The first-order valence-electron chi connectivity index (χ1n) is 7.34. The Hall–Kier alpha value is -1.44. The summed E-state index contributed by atoms with van der Waals surface area (Å²) in [5, 5.41) is 9.65. The number of phenolic OH excluding ortho intramolecular Hbond substituents is 1. The summed E-state index contributed by atoms with van der Waals surface area (Å²) in [6, 6.07) is 7.43. The topological polar surface area (TPSA) is 29.5 Å². The summed E-state index contributed by atoms with van der Waals surface area (Å²) in [6.07, 6.45) is 7.87. The number of ether oxygens (including phenoxy) is 1. The zero-order valence-electron chi connectivity index (χ0n) is 11.6. The van der Waals surface area contributed by atoms with Crippen molar-refractivity contribution in [1.82, 2.24) is 0 Å². The van der Waals surface area contributed by atoms with Gasteiger partial charge in [-0.25, -0.2) is 0 Å². The van der Waals surface area contributed by atoms with Gasteiger partial charge in [0.25, 0.3) is 0 Å². The van der Waals surface area contributed by atoms with Gasteiger partial charge in [-0.3, -0.25) is 0 Å². The van der Waals surface area contributed by atoms with E-state index in [1.807, 2.05) is 12.1 Å². The Kier molecular flexibility index (Phi) is 3.50. The molecule has 2 saturated carbocycles. The molecular weight excluding hydrogens is 236 g/mol. The summed E-state index contributed by atoms with van der Waals surface area (Å²) >= 11 is 0. The lowest BCUT2D eigenvalue weighted by atomic mass is 9.69. The molecule has 0 heterocycles. The Labute approximate surface area is 115 Å². The first kappa shape index (κ1) is 12.6. The fourth-order valence-corrected chi connectivity index (χ4v) is 3.81. The molecule has 0 amide bonds. The molecule has 2 nitrogen and oxygen atoms in total. The van der Waals surface area contributed by atoms with Crippen molar-refractivity contribution in [3.05, 3.63) is 35.4 Å². The Morgan fingerprint density at radius 1 is 1.26 bits per heavy atom. The van der Waals surface area contributed by atoms with Gasteiger partial charge in [-0.15, -0.1) is 0 Å². The minimum Gasteiger partial charge on any atom is -0.508 e. The molecule has 2 heteroatoms.